The molecule has 0 saturated carbocycles. The molecule has 2 aromatic carbocycles. The zero-order valence-corrected chi connectivity index (χ0v) is 14.7. The Kier molecular flexibility index (Phi) is 4.08. The predicted octanol–water partition coefficient (Wildman–Crippen LogP) is 2.19. The SMILES string of the molecule is COC(=O)C(N)(Cc1c[nH]c2ccccc12)C(=O)c1ccc2c(c1)OCO2. The summed E-state index contributed by atoms with van der Waals surface area (Å²) >= 11 is 0. The van der Waals surface area contributed by atoms with Crippen LogP contribution in [0.4, 0.5) is 0 Å². The number of H-pyrrole nitrogens is 1. The number of methoxy groups -OCH3 is 1. The van der Waals surface area contributed by atoms with E-state index in [1.165, 1.54) is 13.2 Å². The number of aromatic amines is 1. The number of para-hydroxylation sites is 1. The van der Waals surface area contributed by atoms with E-state index >= 15 is 0 Å². The summed E-state index contributed by atoms with van der Waals surface area (Å²) in [5.41, 5.74) is 6.39. The van der Waals surface area contributed by atoms with Gasteiger partial charge in [-0.15, -0.1) is 0 Å². The van der Waals surface area contributed by atoms with Gasteiger partial charge in [-0.05, 0) is 29.8 Å². The molecule has 7 nitrogen and oxygen atoms in total. The van der Waals surface area contributed by atoms with E-state index in [0.717, 1.165) is 16.5 Å². The molecule has 7 heteroatoms. The molecule has 1 aliphatic heterocycles. The number of ether oxygens (including phenoxy) is 3. The highest BCUT2D eigenvalue weighted by atomic mass is 16.7. The van der Waals surface area contributed by atoms with Crippen LogP contribution in [0.15, 0.2) is 48.7 Å². The summed E-state index contributed by atoms with van der Waals surface area (Å²) in [6.07, 6.45) is 1.75. The summed E-state index contributed by atoms with van der Waals surface area (Å²) in [4.78, 5) is 28.8. The lowest BCUT2D eigenvalue weighted by molar-refractivity contribution is -0.145. The Morgan fingerprint density at radius 2 is 1.96 bits per heavy atom. The number of nitrogens with two attached hydrogens (primary N) is 1. The predicted molar refractivity (Wildman–Crippen MR) is 97.8 cm³/mol. The van der Waals surface area contributed by atoms with E-state index in [-0.39, 0.29) is 18.8 Å². The third kappa shape index (κ3) is 2.82. The van der Waals surface area contributed by atoms with E-state index in [4.69, 9.17) is 19.9 Å². The first kappa shape index (κ1) is 17.1. The topological polar surface area (TPSA) is 104 Å². The lowest BCUT2D eigenvalue weighted by Crippen LogP contribution is -2.57. The Labute approximate surface area is 155 Å². The third-order valence-corrected chi connectivity index (χ3v) is 4.73. The molecule has 1 aliphatic rings. The van der Waals surface area contributed by atoms with Gasteiger partial charge in [-0.2, -0.15) is 0 Å². The summed E-state index contributed by atoms with van der Waals surface area (Å²) in [5, 5.41) is 0.898. The minimum absolute atomic E-state index is 0.00301. The molecule has 0 spiro atoms. The number of benzene rings is 2. The van der Waals surface area contributed by atoms with Crippen molar-refractivity contribution >= 4 is 22.7 Å². The minimum Gasteiger partial charge on any atom is -0.467 e. The number of ketones is 1. The maximum absolute atomic E-state index is 13.2. The van der Waals surface area contributed by atoms with Gasteiger partial charge in [0, 0.05) is 29.1 Å². The van der Waals surface area contributed by atoms with Crippen molar-refractivity contribution in [1.29, 1.82) is 0 Å². The number of aromatic nitrogens is 1. The lowest BCUT2D eigenvalue weighted by Gasteiger charge is -2.25. The Balaban J connectivity index is 1.73. The molecule has 0 bridgehead atoms. The van der Waals surface area contributed by atoms with Gasteiger partial charge in [-0.3, -0.25) is 4.79 Å². The average molecular weight is 366 g/mol. The fourth-order valence-corrected chi connectivity index (χ4v) is 3.30. The highest BCUT2D eigenvalue weighted by Gasteiger charge is 2.44. The number of carbonyl (C=O) groups is 2. The van der Waals surface area contributed by atoms with Crippen molar-refractivity contribution in [1.82, 2.24) is 4.98 Å². The number of carbonyl (C=O) groups excluding carboxylic acids is 2. The van der Waals surface area contributed by atoms with Crippen molar-refractivity contribution in [3.63, 3.8) is 0 Å². The van der Waals surface area contributed by atoms with E-state index < -0.39 is 17.3 Å². The number of esters is 1. The van der Waals surface area contributed by atoms with Gasteiger partial charge < -0.3 is 24.9 Å². The van der Waals surface area contributed by atoms with Crippen molar-refractivity contribution in [2.45, 2.75) is 12.0 Å². The van der Waals surface area contributed by atoms with Gasteiger partial charge in [0.2, 0.25) is 6.79 Å². The van der Waals surface area contributed by atoms with Crippen molar-refractivity contribution in [3.05, 3.63) is 59.8 Å². The maximum atomic E-state index is 13.2. The van der Waals surface area contributed by atoms with Gasteiger partial charge in [-0.25, -0.2) is 4.79 Å². The molecule has 0 aliphatic carbocycles. The van der Waals surface area contributed by atoms with Crippen LogP contribution >= 0.6 is 0 Å². The molecule has 138 valence electrons. The molecule has 0 saturated heterocycles. The quantitative estimate of drug-likeness (QED) is 0.408. The van der Waals surface area contributed by atoms with E-state index in [2.05, 4.69) is 4.98 Å². The second-order valence-electron chi connectivity index (χ2n) is 6.40. The number of hydrogen-bond donors (Lipinski definition) is 2. The zero-order chi connectivity index (χ0) is 19.0. The second kappa shape index (κ2) is 6.44. The van der Waals surface area contributed by atoms with Crippen molar-refractivity contribution in [2.24, 2.45) is 5.73 Å². The minimum atomic E-state index is -1.87. The Hall–Kier alpha value is -3.32. The number of nitrogens with one attached hydrogen (secondary N) is 1. The molecular weight excluding hydrogens is 348 g/mol. The summed E-state index contributed by atoms with van der Waals surface area (Å²) in [6, 6.07) is 12.3. The summed E-state index contributed by atoms with van der Waals surface area (Å²) in [7, 11) is 1.21. The number of rotatable bonds is 5. The van der Waals surface area contributed by atoms with E-state index in [9.17, 15) is 9.59 Å². The number of hydrogen-bond acceptors (Lipinski definition) is 6. The summed E-state index contributed by atoms with van der Waals surface area (Å²) < 4.78 is 15.4. The van der Waals surface area contributed by atoms with Gasteiger partial charge in [0.1, 0.15) is 0 Å². The summed E-state index contributed by atoms with van der Waals surface area (Å²) in [6.45, 7) is 0.0904. The largest absolute Gasteiger partial charge is 0.467 e. The normalized spacial score (nSPS) is 14.7. The maximum Gasteiger partial charge on any atom is 0.334 e. The zero-order valence-electron chi connectivity index (χ0n) is 14.7. The van der Waals surface area contributed by atoms with Crippen LogP contribution in [0, 0.1) is 0 Å². The fourth-order valence-electron chi connectivity index (χ4n) is 3.30. The highest BCUT2D eigenvalue weighted by Crippen LogP contribution is 2.34. The summed E-state index contributed by atoms with van der Waals surface area (Å²) in [5.74, 6) is -0.350. The first-order valence-corrected chi connectivity index (χ1v) is 8.39. The Morgan fingerprint density at radius 1 is 1.19 bits per heavy atom. The Bertz CT molecular complexity index is 1040. The van der Waals surface area contributed by atoms with Crippen LogP contribution in [-0.4, -0.2) is 36.2 Å². The van der Waals surface area contributed by atoms with Gasteiger partial charge in [0.25, 0.3) is 0 Å². The van der Waals surface area contributed by atoms with Crippen LogP contribution in [0.5, 0.6) is 11.5 Å². The monoisotopic (exact) mass is 366 g/mol. The van der Waals surface area contributed by atoms with Gasteiger partial charge in [0.15, 0.2) is 22.8 Å². The molecule has 2 heterocycles. The first-order chi connectivity index (χ1) is 13.0. The first-order valence-electron chi connectivity index (χ1n) is 8.39. The van der Waals surface area contributed by atoms with E-state index in [1.54, 1.807) is 18.3 Å². The van der Waals surface area contributed by atoms with Crippen LogP contribution < -0.4 is 15.2 Å². The average Bonchev–Trinajstić information content (AvgIpc) is 3.33. The second-order valence-corrected chi connectivity index (χ2v) is 6.40. The molecule has 27 heavy (non-hydrogen) atoms. The van der Waals surface area contributed by atoms with E-state index in [1.807, 2.05) is 24.3 Å². The van der Waals surface area contributed by atoms with E-state index in [0.29, 0.717) is 11.5 Å². The van der Waals surface area contributed by atoms with Crippen molar-refractivity contribution in [2.75, 3.05) is 13.9 Å². The van der Waals surface area contributed by atoms with Crippen LogP contribution in [0.3, 0.4) is 0 Å². The Morgan fingerprint density at radius 3 is 2.78 bits per heavy atom. The van der Waals surface area contributed by atoms with Crippen LogP contribution in [-0.2, 0) is 16.0 Å². The van der Waals surface area contributed by atoms with Crippen molar-refractivity contribution in [3.8, 4) is 11.5 Å². The van der Waals surface area contributed by atoms with Crippen LogP contribution in [0.1, 0.15) is 15.9 Å². The standard InChI is InChI=1S/C20H18N2O5/c1-25-19(24)20(21,9-13-10-22-15-5-3-2-4-14(13)15)18(23)12-6-7-16-17(8-12)27-11-26-16/h2-8,10,22H,9,11,21H2,1H3. The lowest BCUT2D eigenvalue weighted by atomic mass is 9.84. The molecule has 1 atom stereocenters. The molecule has 4 rings (SSSR count). The molecule has 1 aromatic heterocycles. The third-order valence-electron chi connectivity index (χ3n) is 4.73. The van der Waals surface area contributed by atoms with Gasteiger partial charge in [0.05, 0.1) is 7.11 Å². The molecule has 3 aromatic rings. The number of Topliss-reactive ketones (excluding diaryl/α,β-unsaturated/α-hetero) is 1. The van der Waals surface area contributed by atoms with Gasteiger partial charge >= 0.3 is 5.97 Å². The molecule has 1 unspecified atom stereocenters. The molecule has 0 radical (unpaired) electrons. The fraction of sp³-hybridized carbons (Fsp3) is 0.200. The number of fused-ring (bicyclic) bond motifs is 2. The van der Waals surface area contributed by atoms with Crippen LogP contribution in [0.2, 0.25) is 0 Å². The smallest absolute Gasteiger partial charge is 0.334 e. The molecule has 0 amide bonds. The highest BCUT2D eigenvalue weighted by molar-refractivity contribution is 6.17. The van der Waals surface area contributed by atoms with Crippen LogP contribution in [0.25, 0.3) is 10.9 Å². The molecule has 3 N–H and O–H groups in total. The van der Waals surface area contributed by atoms with Crippen molar-refractivity contribution < 1.29 is 23.8 Å². The van der Waals surface area contributed by atoms with Gasteiger partial charge in [-0.1, -0.05) is 18.2 Å². The molecular formula is C20H18N2O5. The molecule has 0 fully saturated rings.